The first-order valence-electron chi connectivity index (χ1n) is 7.00. The van der Waals surface area contributed by atoms with Crippen molar-refractivity contribution in [2.24, 2.45) is 0 Å². The normalized spacial score (nSPS) is 9.75. The molecule has 0 amide bonds. The molecule has 0 aliphatic rings. The second-order valence-corrected chi connectivity index (χ2v) is 6.26. The number of carbonyl (C=O) groups is 1. The van der Waals surface area contributed by atoms with E-state index >= 15 is 0 Å². The predicted octanol–water partition coefficient (Wildman–Crippen LogP) is 5.71. The second kappa shape index (κ2) is 10.6. The minimum atomic E-state index is -0.480. The Morgan fingerprint density at radius 2 is 2.00 bits per heavy atom. The van der Waals surface area contributed by atoms with Crippen LogP contribution in [0.2, 0.25) is 5.02 Å². The molecule has 24 heavy (non-hydrogen) atoms. The van der Waals surface area contributed by atoms with Gasteiger partial charge in [-0.1, -0.05) is 40.5 Å². The average Bonchev–Trinajstić information content (AvgIpc) is 2.57. The highest BCUT2D eigenvalue weighted by Crippen LogP contribution is 2.32. The molecule has 0 spiro atoms. The molecule has 0 aliphatic heterocycles. The van der Waals surface area contributed by atoms with Gasteiger partial charge in [0.05, 0.1) is 12.1 Å². The molecule has 0 atom stereocenters. The van der Waals surface area contributed by atoms with Gasteiger partial charge in [-0.25, -0.2) is 4.39 Å². The topological polar surface area (TPSA) is 35.5 Å². The monoisotopic (exact) mass is 434 g/mol. The van der Waals surface area contributed by atoms with Crippen molar-refractivity contribution in [3.8, 4) is 11.5 Å². The molecule has 0 unspecified atom stereocenters. The third-order valence-corrected chi connectivity index (χ3v) is 4.22. The highest BCUT2D eigenvalue weighted by Gasteiger charge is 2.11. The van der Waals surface area contributed by atoms with Gasteiger partial charge in [-0.15, -0.1) is 12.6 Å². The zero-order valence-corrected chi connectivity index (χ0v) is 16.4. The summed E-state index contributed by atoms with van der Waals surface area (Å²) in [6, 6.07) is 8.18. The summed E-state index contributed by atoms with van der Waals surface area (Å²) < 4.78 is 25.1. The molecule has 0 radical (unpaired) electrons. The zero-order valence-electron chi connectivity index (χ0n) is 13.2. The van der Waals surface area contributed by atoms with Gasteiger partial charge in [0.2, 0.25) is 0 Å². The predicted molar refractivity (Wildman–Crippen MR) is 100 cm³/mol. The van der Waals surface area contributed by atoms with Gasteiger partial charge in [0.15, 0.2) is 0 Å². The quantitative estimate of drug-likeness (QED) is 0.482. The lowest BCUT2D eigenvalue weighted by molar-refractivity contribution is -0.107. The molecular formula is C17H17BrClFO3S. The van der Waals surface area contributed by atoms with E-state index in [4.69, 9.17) is 21.1 Å². The number of carbonyl (C=O) groups excluding carboxylic acids is 1. The molecule has 0 bridgehead atoms. The lowest BCUT2D eigenvalue weighted by Crippen LogP contribution is -2.00. The molecule has 2 aromatic rings. The molecule has 0 heterocycles. The van der Waals surface area contributed by atoms with Crippen LogP contribution < -0.4 is 9.47 Å². The summed E-state index contributed by atoms with van der Waals surface area (Å²) in [5.74, 6) is 0.466. The molecule has 0 saturated heterocycles. The maximum atomic E-state index is 13.5. The first-order valence-corrected chi connectivity index (χ1v) is 8.62. The van der Waals surface area contributed by atoms with Crippen molar-refractivity contribution in [2.75, 3.05) is 7.11 Å². The van der Waals surface area contributed by atoms with E-state index in [1.54, 1.807) is 7.11 Å². The van der Waals surface area contributed by atoms with Crippen molar-refractivity contribution < 1.29 is 18.7 Å². The number of hydrogen-bond acceptors (Lipinski definition) is 4. The molecule has 0 aromatic heterocycles. The van der Waals surface area contributed by atoms with E-state index in [0.717, 1.165) is 16.3 Å². The summed E-state index contributed by atoms with van der Waals surface area (Å²) in [7, 11) is 1.58. The number of methoxy groups -OCH3 is 1. The van der Waals surface area contributed by atoms with Crippen LogP contribution in [-0.4, -0.2) is 13.4 Å². The summed E-state index contributed by atoms with van der Waals surface area (Å²) in [6.45, 7) is 2.02. The Labute approximate surface area is 159 Å². The fraction of sp³-hybridized carbons (Fsp3) is 0.235. The fourth-order valence-electron chi connectivity index (χ4n) is 1.65. The van der Waals surface area contributed by atoms with Crippen molar-refractivity contribution in [1.29, 1.82) is 0 Å². The maximum Gasteiger partial charge on any atom is 0.141 e. The Morgan fingerprint density at radius 3 is 2.58 bits per heavy atom. The van der Waals surface area contributed by atoms with Crippen LogP contribution in [0.25, 0.3) is 0 Å². The number of ether oxygens (including phenoxy) is 2. The molecule has 0 saturated carbocycles. The van der Waals surface area contributed by atoms with Crippen LogP contribution in [0.5, 0.6) is 11.5 Å². The highest BCUT2D eigenvalue weighted by molar-refractivity contribution is 9.10. The largest absolute Gasteiger partial charge is 0.496 e. The average molecular weight is 436 g/mol. The van der Waals surface area contributed by atoms with Crippen LogP contribution >= 0.6 is 40.2 Å². The molecule has 130 valence electrons. The molecule has 0 N–H and O–H groups in total. The fourth-order valence-corrected chi connectivity index (χ4v) is 2.60. The van der Waals surface area contributed by atoms with Gasteiger partial charge in [-0.2, -0.15) is 0 Å². The van der Waals surface area contributed by atoms with Crippen LogP contribution in [-0.2, 0) is 11.4 Å². The first kappa shape index (κ1) is 20.8. The summed E-state index contributed by atoms with van der Waals surface area (Å²) in [6.07, 6.45) is 1.51. The maximum absolute atomic E-state index is 13.5. The third-order valence-electron chi connectivity index (χ3n) is 2.84. The Hall–Kier alpha value is -1.24. The minimum Gasteiger partial charge on any atom is -0.496 e. The van der Waals surface area contributed by atoms with Gasteiger partial charge >= 0.3 is 0 Å². The number of hydrogen-bond donors (Lipinski definition) is 1. The minimum absolute atomic E-state index is 0.181. The van der Waals surface area contributed by atoms with Gasteiger partial charge in [0, 0.05) is 27.4 Å². The van der Waals surface area contributed by atoms with Gasteiger partial charge in [0.25, 0.3) is 0 Å². The van der Waals surface area contributed by atoms with E-state index in [1.165, 1.54) is 12.1 Å². The Morgan fingerprint density at radius 1 is 1.33 bits per heavy atom. The number of rotatable bonds is 5. The molecule has 0 fully saturated rings. The van der Waals surface area contributed by atoms with Crippen LogP contribution in [0.15, 0.2) is 39.7 Å². The lowest BCUT2D eigenvalue weighted by Gasteiger charge is -2.13. The van der Waals surface area contributed by atoms with E-state index in [1.807, 2.05) is 25.1 Å². The number of aldehydes is 1. The van der Waals surface area contributed by atoms with E-state index < -0.39 is 5.82 Å². The Bertz CT molecular complexity index is 698. The molecule has 0 aliphatic carbocycles. The second-order valence-electron chi connectivity index (χ2n) is 4.52. The van der Waals surface area contributed by atoms with Crippen LogP contribution in [0.1, 0.15) is 18.9 Å². The van der Waals surface area contributed by atoms with Crippen molar-refractivity contribution in [3.63, 3.8) is 0 Å². The van der Waals surface area contributed by atoms with Crippen molar-refractivity contribution in [1.82, 2.24) is 0 Å². The highest BCUT2D eigenvalue weighted by atomic mass is 79.9. The summed E-state index contributed by atoms with van der Waals surface area (Å²) >= 11 is 13.4. The summed E-state index contributed by atoms with van der Waals surface area (Å²) in [5.41, 5.74) is 0.821. The van der Waals surface area contributed by atoms with E-state index in [-0.39, 0.29) is 17.3 Å². The van der Waals surface area contributed by atoms with Gasteiger partial charge in [0.1, 0.15) is 30.2 Å². The van der Waals surface area contributed by atoms with Crippen LogP contribution in [0.3, 0.4) is 0 Å². The molecule has 2 rings (SSSR count). The van der Waals surface area contributed by atoms with Gasteiger partial charge in [-0.3, -0.25) is 0 Å². The first-order chi connectivity index (χ1) is 11.4. The van der Waals surface area contributed by atoms with E-state index in [2.05, 4.69) is 28.6 Å². The van der Waals surface area contributed by atoms with Crippen molar-refractivity contribution in [2.45, 2.75) is 24.8 Å². The molecule has 3 nitrogen and oxygen atoms in total. The summed E-state index contributed by atoms with van der Waals surface area (Å²) in [5, 5.41) is 0.308. The van der Waals surface area contributed by atoms with Gasteiger partial charge < -0.3 is 14.3 Å². The SMILES string of the molecule is CCC=O.COc1cccc(Br)c1COc1cc(F)c(S)cc1Cl. The van der Waals surface area contributed by atoms with Crippen molar-refractivity contribution in [3.05, 3.63) is 51.2 Å². The Kier molecular flexibility index (Phi) is 9.18. The van der Waals surface area contributed by atoms with Crippen LogP contribution in [0, 0.1) is 5.82 Å². The number of benzene rings is 2. The molecular weight excluding hydrogens is 419 g/mol. The third kappa shape index (κ3) is 6.00. The molecule has 7 heteroatoms. The summed E-state index contributed by atoms with van der Waals surface area (Å²) in [4.78, 5) is 9.35. The smallest absolute Gasteiger partial charge is 0.141 e. The molecule has 2 aromatic carbocycles. The number of thiol groups is 1. The number of halogens is 3. The van der Waals surface area contributed by atoms with Gasteiger partial charge in [-0.05, 0) is 18.2 Å². The standard InChI is InChI=1S/C14H11BrClFO2S.C3H6O/c1-18-12-4-2-3-9(15)8(12)7-19-13-6-11(17)14(20)5-10(13)16;1-2-3-4/h2-6,20H,7H2,1H3;3H,2H2,1H3. The van der Waals surface area contributed by atoms with Crippen LogP contribution in [0.4, 0.5) is 4.39 Å². The zero-order chi connectivity index (χ0) is 18.1. The lowest BCUT2D eigenvalue weighted by atomic mass is 10.2. The van der Waals surface area contributed by atoms with Crippen molar-refractivity contribution >= 4 is 46.4 Å². The van der Waals surface area contributed by atoms with E-state index in [0.29, 0.717) is 17.2 Å². The van der Waals surface area contributed by atoms with E-state index in [9.17, 15) is 9.18 Å². The Balaban J connectivity index is 0.000000648.